The zero-order valence-electron chi connectivity index (χ0n) is 11.3. The van der Waals surface area contributed by atoms with Crippen LogP contribution in [0.2, 0.25) is 0 Å². The number of aryl methyl sites for hydroxylation is 1. The monoisotopic (exact) mass is 258 g/mol. The van der Waals surface area contributed by atoms with E-state index >= 15 is 0 Å². The molecule has 0 aliphatic carbocycles. The van der Waals surface area contributed by atoms with Gasteiger partial charge in [0, 0.05) is 25.0 Å². The van der Waals surface area contributed by atoms with Gasteiger partial charge >= 0.3 is 0 Å². The van der Waals surface area contributed by atoms with Gasteiger partial charge in [-0.1, -0.05) is 12.1 Å². The van der Waals surface area contributed by atoms with Crippen LogP contribution in [0, 0.1) is 0 Å². The fraction of sp³-hybridized carbons (Fsp3) is 0.286. The van der Waals surface area contributed by atoms with Gasteiger partial charge in [-0.15, -0.1) is 0 Å². The summed E-state index contributed by atoms with van der Waals surface area (Å²) >= 11 is 0. The Hall–Kier alpha value is -2.14. The fourth-order valence-corrected chi connectivity index (χ4v) is 1.81. The van der Waals surface area contributed by atoms with Gasteiger partial charge in [0.25, 0.3) is 5.91 Å². The molecule has 1 atom stereocenters. The lowest BCUT2D eigenvalue weighted by atomic mass is 10.1. The van der Waals surface area contributed by atoms with Crippen molar-refractivity contribution in [3.05, 3.63) is 47.8 Å². The maximum atomic E-state index is 12.0. The molecule has 2 aromatic rings. The topological polar surface area (TPSA) is 58.9 Å². The van der Waals surface area contributed by atoms with Crippen molar-refractivity contribution in [2.24, 2.45) is 7.05 Å². The molecule has 5 heteroatoms. The number of carbonyl (C=O) groups is 1. The Morgan fingerprint density at radius 1 is 1.26 bits per heavy atom. The van der Waals surface area contributed by atoms with Crippen molar-refractivity contribution in [3.8, 4) is 0 Å². The maximum absolute atomic E-state index is 12.0. The molecule has 1 aromatic carbocycles. The smallest absolute Gasteiger partial charge is 0.273 e. The Labute approximate surface area is 112 Å². The van der Waals surface area contributed by atoms with Crippen LogP contribution in [0.5, 0.6) is 0 Å². The van der Waals surface area contributed by atoms with Gasteiger partial charge in [-0.05, 0) is 37.7 Å². The van der Waals surface area contributed by atoms with Gasteiger partial charge in [0.1, 0.15) is 5.69 Å². The summed E-state index contributed by atoms with van der Waals surface area (Å²) in [6, 6.07) is 9.78. The number of amides is 1. The summed E-state index contributed by atoms with van der Waals surface area (Å²) < 4.78 is 1.55. The average Bonchev–Trinajstić information content (AvgIpc) is 2.85. The molecular formula is C14H18N4O. The zero-order chi connectivity index (χ0) is 13.8. The SMILES string of the molecule is CNC(C)c1ccc(NC(=O)c2ccnn2C)cc1. The van der Waals surface area contributed by atoms with Crippen molar-refractivity contribution in [2.45, 2.75) is 13.0 Å². The van der Waals surface area contributed by atoms with E-state index in [0.29, 0.717) is 11.7 Å². The summed E-state index contributed by atoms with van der Waals surface area (Å²) in [5.41, 5.74) is 2.49. The molecule has 0 spiro atoms. The van der Waals surface area contributed by atoms with Gasteiger partial charge < -0.3 is 10.6 Å². The van der Waals surface area contributed by atoms with Crippen molar-refractivity contribution < 1.29 is 4.79 Å². The van der Waals surface area contributed by atoms with Crippen molar-refractivity contribution in [3.63, 3.8) is 0 Å². The number of hydrogen-bond donors (Lipinski definition) is 2. The number of hydrogen-bond acceptors (Lipinski definition) is 3. The second kappa shape index (κ2) is 5.67. The third-order valence-corrected chi connectivity index (χ3v) is 3.16. The highest BCUT2D eigenvalue weighted by Crippen LogP contribution is 2.16. The summed E-state index contributed by atoms with van der Waals surface area (Å²) in [6.07, 6.45) is 1.60. The van der Waals surface area contributed by atoms with Crippen LogP contribution in [0.25, 0.3) is 0 Å². The molecule has 1 heterocycles. The fourth-order valence-electron chi connectivity index (χ4n) is 1.81. The van der Waals surface area contributed by atoms with E-state index in [1.807, 2.05) is 31.3 Å². The molecular weight excluding hydrogens is 240 g/mol. The second-order valence-corrected chi connectivity index (χ2v) is 4.43. The van der Waals surface area contributed by atoms with Crippen LogP contribution in [-0.4, -0.2) is 22.7 Å². The van der Waals surface area contributed by atoms with E-state index in [1.165, 1.54) is 5.56 Å². The van der Waals surface area contributed by atoms with Gasteiger partial charge in [-0.3, -0.25) is 9.48 Å². The van der Waals surface area contributed by atoms with E-state index in [4.69, 9.17) is 0 Å². The predicted molar refractivity (Wildman–Crippen MR) is 75.1 cm³/mol. The van der Waals surface area contributed by atoms with E-state index in [2.05, 4.69) is 22.7 Å². The average molecular weight is 258 g/mol. The molecule has 0 aliphatic rings. The quantitative estimate of drug-likeness (QED) is 0.881. The first kappa shape index (κ1) is 13.3. The molecule has 1 unspecified atom stereocenters. The lowest BCUT2D eigenvalue weighted by molar-refractivity contribution is 0.101. The molecule has 1 aromatic heterocycles. The molecule has 2 N–H and O–H groups in total. The number of benzene rings is 1. The predicted octanol–water partition coefficient (Wildman–Crippen LogP) is 1.95. The van der Waals surface area contributed by atoms with E-state index in [9.17, 15) is 4.79 Å². The van der Waals surface area contributed by atoms with Crippen molar-refractivity contribution in [2.75, 3.05) is 12.4 Å². The minimum atomic E-state index is -0.158. The van der Waals surface area contributed by atoms with E-state index < -0.39 is 0 Å². The van der Waals surface area contributed by atoms with Gasteiger partial charge in [-0.25, -0.2) is 0 Å². The Morgan fingerprint density at radius 2 is 1.95 bits per heavy atom. The third-order valence-electron chi connectivity index (χ3n) is 3.16. The van der Waals surface area contributed by atoms with Crippen molar-refractivity contribution >= 4 is 11.6 Å². The Kier molecular flexibility index (Phi) is 3.97. The largest absolute Gasteiger partial charge is 0.321 e. The van der Waals surface area contributed by atoms with Crippen molar-refractivity contribution in [1.82, 2.24) is 15.1 Å². The van der Waals surface area contributed by atoms with Gasteiger partial charge in [0.15, 0.2) is 0 Å². The van der Waals surface area contributed by atoms with E-state index in [1.54, 1.807) is 24.0 Å². The first-order chi connectivity index (χ1) is 9.11. The molecule has 0 aliphatic heterocycles. The normalized spacial score (nSPS) is 12.2. The minimum Gasteiger partial charge on any atom is -0.321 e. The number of nitrogens with one attached hydrogen (secondary N) is 2. The molecule has 0 saturated heterocycles. The first-order valence-corrected chi connectivity index (χ1v) is 6.18. The summed E-state index contributed by atoms with van der Waals surface area (Å²) in [7, 11) is 3.66. The molecule has 0 fully saturated rings. The number of aromatic nitrogens is 2. The maximum Gasteiger partial charge on any atom is 0.273 e. The Morgan fingerprint density at radius 3 is 2.47 bits per heavy atom. The summed E-state index contributed by atoms with van der Waals surface area (Å²) in [5.74, 6) is -0.158. The number of rotatable bonds is 4. The third kappa shape index (κ3) is 3.00. The van der Waals surface area contributed by atoms with Crippen molar-refractivity contribution in [1.29, 1.82) is 0 Å². The molecule has 2 rings (SSSR count). The molecule has 19 heavy (non-hydrogen) atoms. The highest BCUT2D eigenvalue weighted by molar-refractivity contribution is 6.02. The minimum absolute atomic E-state index is 0.158. The summed E-state index contributed by atoms with van der Waals surface area (Å²) in [6.45, 7) is 2.09. The molecule has 0 bridgehead atoms. The van der Waals surface area contributed by atoms with Crippen LogP contribution in [0.3, 0.4) is 0 Å². The van der Waals surface area contributed by atoms with Crippen LogP contribution in [0.15, 0.2) is 36.5 Å². The molecule has 0 radical (unpaired) electrons. The Balaban J connectivity index is 2.08. The van der Waals surface area contributed by atoms with Crippen LogP contribution in [0.1, 0.15) is 29.0 Å². The number of carbonyl (C=O) groups excluding carboxylic acids is 1. The lowest BCUT2D eigenvalue weighted by Gasteiger charge is -2.11. The van der Waals surface area contributed by atoms with E-state index in [-0.39, 0.29) is 5.91 Å². The van der Waals surface area contributed by atoms with Crippen LogP contribution >= 0.6 is 0 Å². The first-order valence-electron chi connectivity index (χ1n) is 6.18. The van der Waals surface area contributed by atoms with Crippen LogP contribution in [0.4, 0.5) is 5.69 Å². The molecule has 5 nitrogen and oxygen atoms in total. The molecule has 0 saturated carbocycles. The van der Waals surface area contributed by atoms with Crippen LogP contribution < -0.4 is 10.6 Å². The van der Waals surface area contributed by atoms with Crippen LogP contribution in [-0.2, 0) is 7.05 Å². The van der Waals surface area contributed by atoms with Gasteiger partial charge in [0.05, 0.1) is 0 Å². The second-order valence-electron chi connectivity index (χ2n) is 4.43. The summed E-state index contributed by atoms with van der Waals surface area (Å²) in [5, 5.41) is 10.00. The van der Waals surface area contributed by atoms with Gasteiger partial charge in [0.2, 0.25) is 0 Å². The highest BCUT2D eigenvalue weighted by Gasteiger charge is 2.10. The highest BCUT2D eigenvalue weighted by atomic mass is 16.2. The number of nitrogens with zero attached hydrogens (tertiary/aromatic N) is 2. The van der Waals surface area contributed by atoms with E-state index in [0.717, 1.165) is 5.69 Å². The lowest BCUT2D eigenvalue weighted by Crippen LogP contribution is -2.16. The molecule has 1 amide bonds. The summed E-state index contributed by atoms with van der Waals surface area (Å²) in [4.78, 5) is 12.0. The molecule has 100 valence electrons. The standard InChI is InChI=1S/C14H18N4O/c1-10(15-2)11-4-6-12(7-5-11)17-14(19)13-8-9-16-18(13)3/h4-10,15H,1-3H3,(H,17,19). The Bertz CT molecular complexity index is 559. The number of anilines is 1. The zero-order valence-corrected chi connectivity index (χ0v) is 11.3. The van der Waals surface area contributed by atoms with Gasteiger partial charge in [-0.2, -0.15) is 5.10 Å².